The molecule has 0 amide bonds. The number of hydrogen-bond acceptors (Lipinski definition) is 5. The second-order valence-electron chi connectivity index (χ2n) is 4.22. The van der Waals surface area contributed by atoms with Crippen LogP contribution < -0.4 is 16.2 Å². The highest BCUT2D eigenvalue weighted by atomic mass is 32.2. The van der Waals surface area contributed by atoms with Gasteiger partial charge in [-0.15, -0.1) is 0 Å². The molecule has 0 aliphatic heterocycles. The SMILES string of the molecule is CC(O)CCCNc1ccc(S(N)(=O)=O)c(N)c1. The van der Waals surface area contributed by atoms with Crippen molar-refractivity contribution in [1.29, 1.82) is 0 Å². The maximum atomic E-state index is 11.1. The van der Waals surface area contributed by atoms with Crippen molar-refractivity contribution in [3.8, 4) is 0 Å². The molecule has 1 atom stereocenters. The molecule has 1 aromatic rings. The van der Waals surface area contributed by atoms with Crippen molar-refractivity contribution in [3.05, 3.63) is 18.2 Å². The number of sulfonamides is 1. The van der Waals surface area contributed by atoms with Crippen LogP contribution in [-0.2, 0) is 10.0 Å². The van der Waals surface area contributed by atoms with Crippen LogP contribution >= 0.6 is 0 Å². The van der Waals surface area contributed by atoms with Gasteiger partial charge in [0.25, 0.3) is 0 Å². The molecule has 7 heteroatoms. The largest absolute Gasteiger partial charge is 0.398 e. The Morgan fingerprint density at radius 3 is 2.61 bits per heavy atom. The summed E-state index contributed by atoms with van der Waals surface area (Å²) in [5.41, 5.74) is 6.47. The Hall–Kier alpha value is -1.31. The summed E-state index contributed by atoms with van der Waals surface area (Å²) in [6.45, 7) is 2.41. The van der Waals surface area contributed by atoms with E-state index in [1.54, 1.807) is 13.0 Å². The van der Waals surface area contributed by atoms with E-state index >= 15 is 0 Å². The number of primary sulfonamides is 1. The van der Waals surface area contributed by atoms with Crippen LogP contribution in [0, 0.1) is 0 Å². The number of nitrogens with one attached hydrogen (secondary N) is 1. The summed E-state index contributed by atoms with van der Waals surface area (Å²) in [5, 5.41) is 17.2. The molecule has 6 nitrogen and oxygen atoms in total. The fraction of sp³-hybridized carbons (Fsp3) is 0.455. The second-order valence-corrected chi connectivity index (χ2v) is 5.75. The number of rotatable bonds is 6. The van der Waals surface area contributed by atoms with E-state index in [0.29, 0.717) is 13.0 Å². The normalized spacial score (nSPS) is 13.3. The molecular formula is C11H19N3O3S. The van der Waals surface area contributed by atoms with Crippen molar-refractivity contribution in [2.75, 3.05) is 17.6 Å². The molecule has 0 heterocycles. The van der Waals surface area contributed by atoms with Crippen molar-refractivity contribution < 1.29 is 13.5 Å². The lowest BCUT2D eigenvalue weighted by molar-refractivity contribution is 0.183. The Kier molecular flexibility index (Phi) is 4.94. The molecule has 6 N–H and O–H groups in total. The van der Waals surface area contributed by atoms with Crippen LogP contribution in [0.4, 0.5) is 11.4 Å². The van der Waals surface area contributed by atoms with E-state index in [0.717, 1.165) is 12.1 Å². The van der Waals surface area contributed by atoms with Gasteiger partial charge in [0.1, 0.15) is 4.90 Å². The molecule has 0 aromatic heterocycles. The molecule has 1 aromatic carbocycles. The van der Waals surface area contributed by atoms with Crippen LogP contribution in [0.2, 0.25) is 0 Å². The van der Waals surface area contributed by atoms with Gasteiger partial charge < -0.3 is 16.2 Å². The predicted octanol–water partition coefficient (Wildman–Crippen LogP) is 0.489. The van der Waals surface area contributed by atoms with E-state index in [1.807, 2.05) is 0 Å². The first-order valence-electron chi connectivity index (χ1n) is 5.65. The zero-order valence-electron chi connectivity index (χ0n) is 10.3. The van der Waals surface area contributed by atoms with E-state index in [2.05, 4.69) is 5.32 Å². The summed E-state index contributed by atoms with van der Waals surface area (Å²) in [6, 6.07) is 4.52. The zero-order chi connectivity index (χ0) is 13.8. The first kappa shape index (κ1) is 14.7. The van der Waals surface area contributed by atoms with E-state index in [-0.39, 0.29) is 16.7 Å². The molecule has 0 saturated carbocycles. The summed E-state index contributed by atoms with van der Waals surface area (Å²) in [4.78, 5) is -0.0722. The van der Waals surface area contributed by atoms with Crippen molar-refractivity contribution in [2.24, 2.45) is 5.14 Å². The van der Waals surface area contributed by atoms with Gasteiger partial charge in [0.05, 0.1) is 11.8 Å². The first-order valence-corrected chi connectivity index (χ1v) is 7.19. The van der Waals surface area contributed by atoms with Crippen molar-refractivity contribution in [1.82, 2.24) is 0 Å². The van der Waals surface area contributed by atoms with Crippen molar-refractivity contribution >= 4 is 21.4 Å². The smallest absolute Gasteiger partial charge is 0.240 e. The third-order valence-corrected chi connectivity index (χ3v) is 3.43. The molecule has 1 unspecified atom stereocenters. The lowest BCUT2D eigenvalue weighted by atomic mass is 10.2. The molecule has 0 aliphatic rings. The average Bonchev–Trinajstić information content (AvgIpc) is 2.22. The van der Waals surface area contributed by atoms with Crippen molar-refractivity contribution in [2.45, 2.75) is 30.8 Å². The second kappa shape index (κ2) is 6.03. The summed E-state index contributed by atoms with van der Waals surface area (Å²) in [5.74, 6) is 0. The molecule has 0 saturated heterocycles. The van der Waals surface area contributed by atoms with Gasteiger partial charge in [0.15, 0.2) is 0 Å². The van der Waals surface area contributed by atoms with Gasteiger partial charge in [0.2, 0.25) is 10.0 Å². The lowest BCUT2D eigenvalue weighted by Crippen LogP contribution is -2.14. The maximum Gasteiger partial charge on any atom is 0.240 e. The third kappa shape index (κ3) is 4.52. The number of anilines is 2. The summed E-state index contributed by atoms with van der Waals surface area (Å²) >= 11 is 0. The summed E-state index contributed by atoms with van der Waals surface area (Å²) in [7, 11) is -3.77. The van der Waals surface area contributed by atoms with Crippen LogP contribution in [0.5, 0.6) is 0 Å². The van der Waals surface area contributed by atoms with E-state index in [1.165, 1.54) is 12.1 Å². The number of benzene rings is 1. The molecule has 1 rings (SSSR count). The van der Waals surface area contributed by atoms with E-state index in [4.69, 9.17) is 16.0 Å². The van der Waals surface area contributed by atoms with Crippen LogP contribution in [-0.4, -0.2) is 26.2 Å². The minimum Gasteiger partial charge on any atom is -0.398 e. The Labute approximate surface area is 107 Å². The monoisotopic (exact) mass is 273 g/mol. The molecule has 102 valence electrons. The zero-order valence-corrected chi connectivity index (χ0v) is 11.1. The fourth-order valence-electron chi connectivity index (χ4n) is 1.55. The van der Waals surface area contributed by atoms with Gasteiger partial charge in [0, 0.05) is 12.2 Å². The highest BCUT2D eigenvalue weighted by Gasteiger charge is 2.11. The van der Waals surface area contributed by atoms with Crippen molar-refractivity contribution in [3.63, 3.8) is 0 Å². The summed E-state index contributed by atoms with van der Waals surface area (Å²) < 4.78 is 22.3. The predicted molar refractivity (Wildman–Crippen MR) is 71.6 cm³/mol. The van der Waals surface area contributed by atoms with Crippen LogP contribution in [0.1, 0.15) is 19.8 Å². The van der Waals surface area contributed by atoms with Gasteiger partial charge >= 0.3 is 0 Å². The first-order chi connectivity index (χ1) is 8.30. The highest BCUT2D eigenvalue weighted by molar-refractivity contribution is 7.89. The molecule has 0 radical (unpaired) electrons. The van der Waals surface area contributed by atoms with Gasteiger partial charge in [-0.1, -0.05) is 0 Å². The van der Waals surface area contributed by atoms with Gasteiger partial charge in [-0.05, 0) is 38.0 Å². The topological polar surface area (TPSA) is 118 Å². The van der Waals surface area contributed by atoms with Gasteiger partial charge in [-0.2, -0.15) is 0 Å². The number of aliphatic hydroxyl groups is 1. The van der Waals surface area contributed by atoms with E-state index < -0.39 is 10.0 Å². The summed E-state index contributed by atoms with van der Waals surface area (Å²) in [6.07, 6.45) is 1.20. The molecule has 0 spiro atoms. The third-order valence-electron chi connectivity index (χ3n) is 2.44. The van der Waals surface area contributed by atoms with E-state index in [9.17, 15) is 8.42 Å². The van der Waals surface area contributed by atoms with Crippen LogP contribution in [0.3, 0.4) is 0 Å². The Balaban J connectivity index is 2.63. The van der Waals surface area contributed by atoms with Crippen LogP contribution in [0.15, 0.2) is 23.1 Å². The molecular weight excluding hydrogens is 254 g/mol. The molecule has 0 bridgehead atoms. The quantitative estimate of drug-likeness (QED) is 0.444. The number of hydrogen-bond donors (Lipinski definition) is 4. The number of aliphatic hydroxyl groups excluding tert-OH is 1. The molecule has 0 aliphatic carbocycles. The number of nitrogens with two attached hydrogens (primary N) is 2. The minimum atomic E-state index is -3.77. The standard InChI is InChI=1S/C11H19N3O3S/c1-8(15)3-2-6-14-9-4-5-11(10(12)7-9)18(13,16)17/h4-5,7-8,14-15H,2-3,6,12H2,1H3,(H2,13,16,17). The molecule has 0 fully saturated rings. The van der Waals surface area contributed by atoms with Gasteiger partial charge in [-0.3, -0.25) is 0 Å². The fourth-order valence-corrected chi connectivity index (χ4v) is 2.19. The minimum absolute atomic E-state index is 0.0722. The maximum absolute atomic E-state index is 11.1. The molecule has 18 heavy (non-hydrogen) atoms. The number of nitrogen functional groups attached to an aromatic ring is 1. The van der Waals surface area contributed by atoms with Gasteiger partial charge in [-0.25, -0.2) is 13.6 Å². The highest BCUT2D eigenvalue weighted by Crippen LogP contribution is 2.21. The average molecular weight is 273 g/mol. The van der Waals surface area contributed by atoms with Crippen LogP contribution in [0.25, 0.3) is 0 Å². The Bertz CT molecular complexity index is 500. The Morgan fingerprint density at radius 2 is 2.11 bits per heavy atom. The Morgan fingerprint density at radius 1 is 1.44 bits per heavy atom. The lowest BCUT2D eigenvalue weighted by Gasteiger charge is -2.10.